The molecule has 0 bridgehead atoms. The lowest BCUT2D eigenvalue weighted by molar-refractivity contribution is -0.605. The molecule has 0 atom stereocenters. The summed E-state index contributed by atoms with van der Waals surface area (Å²) >= 11 is 0. The Balaban J connectivity index is 1.78. The number of hydrogen-bond acceptors (Lipinski definition) is 4. The van der Waals surface area contributed by atoms with E-state index in [4.69, 9.17) is 4.74 Å². The number of carbonyl (C=O) groups excluding carboxylic acids is 2. The van der Waals surface area contributed by atoms with E-state index in [0.29, 0.717) is 22.7 Å². The lowest BCUT2D eigenvalue weighted by atomic mass is 10.2. The van der Waals surface area contributed by atoms with Gasteiger partial charge in [-0.2, -0.15) is 4.73 Å². The number of amides is 2. The molecule has 26 heavy (non-hydrogen) atoms. The van der Waals surface area contributed by atoms with Gasteiger partial charge < -0.3 is 9.94 Å². The molecule has 2 amide bonds. The second kappa shape index (κ2) is 10.0. The molecule has 1 aromatic carbocycles. The van der Waals surface area contributed by atoms with Crippen LogP contribution < -0.4 is 20.3 Å². The fourth-order valence-electron chi connectivity index (χ4n) is 2.24. The Morgan fingerprint density at radius 2 is 1.50 bits per heavy atom. The van der Waals surface area contributed by atoms with Crippen molar-refractivity contribution in [3.63, 3.8) is 0 Å². The summed E-state index contributed by atoms with van der Waals surface area (Å²) in [4.78, 5) is 23.9. The van der Waals surface area contributed by atoms with E-state index in [2.05, 4.69) is 17.8 Å². The van der Waals surface area contributed by atoms with Crippen LogP contribution in [0.25, 0.3) is 0 Å². The molecule has 7 nitrogen and oxygen atoms in total. The summed E-state index contributed by atoms with van der Waals surface area (Å²) < 4.78 is 6.20. The molecule has 0 saturated heterocycles. The van der Waals surface area contributed by atoms with Crippen LogP contribution >= 0.6 is 0 Å². The Hall–Kier alpha value is -3.09. The van der Waals surface area contributed by atoms with Crippen molar-refractivity contribution in [1.29, 1.82) is 0 Å². The zero-order chi connectivity index (χ0) is 18.8. The first kappa shape index (κ1) is 19.2. The Morgan fingerprint density at radius 1 is 0.923 bits per heavy atom. The monoisotopic (exact) mass is 357 g/mol. The van der Waals surface area contributed by atoms with E-state index in [0.717, 1.165) is 12.8 Å². The molecular weight excluding hydrogens is 334 g/mol. The average molecular weight is 357 g/mol. The molecule has 2 aromatic rings. The second-order valence-electron chi connectivity index (χ2n) is 5.79. The van der Waals surface area contributed by atoms with Crippen LogP contribution in [0.2, 0.25) is 0 Å². The van der Waals surface area contributed by atoms with Gasteiger partial charge in [0.05, 0.1) is 12.2 Å². The molecule has 0 aliphatic carbocycles. The predicted octanol–water partition coefficient (Wildman–Crippen LogP) is 2.35. The number of nitrogens with one attached hydrogen (secondary N) is 2. The van der Waals surface area contributed by atoms with Gasteiger partial charge in [0, 0.05) is 17.7 Å². The SMILES string of the molecule is CCCCCCOc1ccc(C(=O)NNC(=O)c2cc[n+]([O-])cc2)cc1. The molecule has 138 valence electrons. The number of nitrogens with zero attached hydrogens (tertiary/aromatic N) is 1. The fraction of sp³-hybridized carbons (Fsp3) is 0.316. The molecule has 0 fully saturated rings. The van der Waals surface area contributed by atoms with Crippen LogP contribution in [0, 0.1) is 5.21 Å². The standard InChI is InChI=1S/C19H23N3O4/c1-2-3-4-5-14-26-17-8-6-15(7-9-17)18(23)20-21-19(24)16-10-12-22(25)13-11-16/h6-13H,2-5,14H2,1H3,(H,20,23)(H,21,24). The highest BCUT2D eigenvalue weighted by atomic mass is 16.5. The van der Waals surface area contributed by atoms with Crippen LogP contribution in [0.4, 0.5) is 0 Å². The molecule has 0 radical (unpaired) electrons. The fourth-order valence-corrected chi connectivity index (χ4v) is 2.24. The maximum absolute atomic E-state index is 12.1. The topological polar surface area (TPSA) is 94.4 Å². The van der Waals surface area contributed by atoms with Crippen LogP contribution in [0.3, 0.4) is 0 Å². The minimum Gasteiger partial charge on any atom is -0.619 e. The summed E-state index contributed by atoms with van der Waals surface area (Å²) in [6.45, 7) is 2.82. The minimum atomic E-state index is -0.508. The molecule has 0 unspecified atom stereocenters. The van der Waals surface area contributed by atoms with E-state index in [9.17, 15) is 14.8 Å². The highest BCUT2D eigenvalue weighted by molar-refractivity contribution is 5.98. The van der Waals surface area contributed by atoms with Gasteiger partial charge in [0.25, 0.3) is 11.8 Å². The van der Waals surface area contributed by atoms with Gasteiger partial charge in [0.15, 0.2) is 12.4 Å². The number of carbonyl (C=O) groups is 2. The first-order valence-corrected chi connectivity index (χ1v) is 8.62. The van der Waals surface area contributed by atoms with Gasteiger partial charge >= 0.3 is 0 Å². The van der Waals surface area contributed by atoms with Crippen molar-refractivity contribution in [3.8, 4) is 5.75 Å². The van der Waals surface area contributed by atoms with E-state index in [1.807, 2.05) is 0 Å². The highest BCUT2D eigenvalue weighted by Crippen LogP contribution is 2.13. The molecule has 0 saturated carbocycles. The largest absolute Gasteiger partial charge is 0.619 e. The van der Waals surface area contributed by atoms with Crippen molar-refractivity contribution >= 4 is 11.8 Å². The number of hydrazine groups is 1. The average Bonchev–Trinajstić information content (AvgIpc) is 2.66. The lowest BCUT2D eigenvalue weighted by Gasteiger charge is -2.09. The van der Waals surface area contributed by atoms with Gasteiger partial charge in [-0.15, -0.1) is 0 Å². The van der Waals surface area contributed by atoms with Crippen molar-refractivity contribution in [3.05, 3.63) is 65.1 Å². The quantitative estimate of drug-likeness (QED) is 0.328. The summed E-state index contributed by atoms with van der Waals surface area (Å²) in [5.41, 5.74) is 5.30. The number of pyridine rings is 1. The number of ether oxygens (including phenoxy) is 1. The number of hydrogen-bond donors (Lipinski definition) is 2. The van der Waals surface area contributed by atoms with Crippen LogP contribution in [-0.2, 0) is 0 Å². The van der Waals surface area contributed by atoms with E-state index in [1.54, 1.807) is 24.3 Å². The second-order valence-corrected chi connectivity index (χ2v) is 5.79. The van der Waals surface area contributed by atoms with Crippen molar-refractivity contribution in [2.24, 2.45) is 0 Å². The van der Waals surface area contributed by atoms with Crippen molar-refractivity contribution in [1.82, 2.24) is 10.9 Å². The van der Waals surface area contributed by atoms with Crippen molar-refractivity contribution in [2.45, 2.75) is 32.6 Å². The minimum absolute atomic E-state index is 0.268. The molecule has 1 heterocycles. The third-order valence-corrected chi connectivity index (χ3v) is 3.74. The zero-order valence-electron chi connectivity index (χ0n) is 14.7. The van der Waals surface area contributed by atoms with Crippen LogP contribution in [0.1, 0.15) is 53.3 Å². The first-order valence-electron chi connectivity index (χ1n) is 8.62. The number of rotatable bonds is 8. The van der Waals surface area contributed by atoms with Gasteiger partial charge in [0.2, 0.25) is 0 Å². The Labute approximate surface area is 152 Å². The van der Waals surface area contributed by atoms with Gasteiger partial charge in [0.1, 0.15) is 5.75 Å². The smallest absolute Gasteiger partial charge is 0.270 e. The van der Waals surface area contributed by atoms with E-state index in [1.165, 1.54) is 37.4 Å². The van der Waals surface area contributed by atoms with Gasteiger partial charge in [-0.25, -0.2) is 0 Å². The third-order valence-electron chi connectivity index (χ3n) is 3.74. The van der Waals surface area contributed by atoms with Crippen molar-refractivity contribution in [2.75, 3.05) is 6.61 Å². The van der Waals surface area contributed by atoms with Crippen LogP contribution in [0.5, 0.6) is 5.75 Å². The van der Waals surface area contributed by atoms with E-state index < -0.39 is 11.8 Å². The Morgan fingerprint density at radius 3 is 2.08 bits per heavy atom. The summed E-state index contributed by atoms with van der Waals surface area (Å²) in [6.07, 6.45) is 6.95. The molecule has 0 aliphatic rings. The Bertz CT molecular complexity index is 715. The number of unbranched alkanes of at least 4 members (excludes halogenated alkanes) is 3. The van der Waals surface area contributed by atoms with Crippen molar-refractivity contribution < 1.29 is 19.1 Å². The normalized spacial score (nSPS) is 10.2. The third kappa shape index (κ3) is 6.08. The molecule has 0 aliphatic heterocycles. The van der Waals surface area contributed by atoms with Gasteiger partial charge in [-0.05, 0) is 30.7 Å². The van der Waals surface area contributed by atoms with Crippen LogP contribution in [-0.4, -0.2) is 18.4 Å². The predicted molar refractivity (Wildman–Crippen MR) is 96.4 cm³/mol. The van der Waals surface area contributed by atoms with E-state index >= 15 is 0 Å². The zero-order valence-corrected chi connectivity index (χ0v) is 14.7. The first-order chi connectivity index (χ1) is 12.6. The maximum atomic E-state index is 12.1. The molecule has 0 spiro atoms. The van der Waals surface area contributed by atoms with Gasteiger partial charge in [-0.3, -0.25) is 20.4 Å². The summed E-state index contributed by atoms with van der Waals surface area (Å²) in [7, 11) is 0. The van der Waals surface area contributed by atoms with Gasteiger partial charge in [-0.1, -0.05) is 26.2 Å². The highest BCUT2D eigenvalue weighted by Gasteiger charge is 2.10. The number of benzene rings is 1. The summed E-state index contributed by atoms with van der Waals surface area (Å²) in [6, 6.07) is 9.43. The molecule has 2 rings (SSSR count). The molecule has 2 N–H and O–H groups in total. The summed E-state index contributed by atoms with van der Waals surface area (Å²) in [5, 5.41) is 10.9. The number of aromatic nitrogens is 1. The lowest BCUT2D eigenvalue weighted by Crippen LogP contribution is -2.41. The molecule has 1 aromatic heterocycles. The van der Waals surface area contributed by atoms with Crippen LogP contribution in [0.15, 0.2) is 48.8 Å². The molecular formula is C19H23N3O4. The summed E-state index contributed by atoms with van der Waals surface area (Å²) in [5.74, 6) is -0.245. The Kier molecular flexibility index (Phi) is 7.42. The molecule has 7 heteroatoms. The van der Waals surface area contributed by atoms with E-state index in [-0.39, 0.29) is 5.56 Å². The maximum Gasteiger partial charge on any atom is 0.270 e.